The van der Waals surface area contributed by atoms with E-state index in [9.17, 15) is 4.79 Å². The van der Waals surface area contributed by atoms with Crippen LogP contribution >= 0.6 is 23.2 Å². The van der Waals surface area contributed by atoms with Crippen LogP contribution in [0, 0.1) is 0 Å². The average Bonchev–Trinajstić information content (AvgIpc) is 3.00. The Bertz CT molecular complexity index is 892. The van der Waals surface area contributed by atoms with E-state index in [1.165, 1.54) is 10.9 Å². The molecule has 0 aliphatic rings. The lowest BCUT2D eigenvalue weighted by Gasteiger charge is -2.15. The molecule has 0 aliphatic heterocycles. The van der Waals surface area contributed by atoms with Crippen LogP contribution in [0.5, 0.6) is 5.75 Å². The largest absolute Gasteiger partial charge is 0.479 e. The summed E-state index contributed by atoms with van der Waals surface area (Å²) in [7, 11) is 0. The van der Waals surface area contributed by atoms with Crippen molar-refractivity contribution in [3.63, 3.8) is 0 Å². The molecule has 2 aromatic carbocycles. The van der Waals surface area contributed by atoms with Crippen LogP contribution in [0.2, 0.25) is 10.0 Å². The van der Waals surface area contributed by atoms with Gasteiger partial charge in [0.25, 0.3) is 5.91 Å². The lowest BCUT2D eigenvalue weighted by atomic mass is 10.1. The number of halogens is 2. The molecule has 0 fully saturated rings. The summed E-state index contributed by atoms with van der Waals surface area (Å²) in [5, 5.41) is 4.97. The Balaban J connectivity index is 1.53. The molecule has 0 saturated heterocycles. The van der Waals surface area contributed by atoms with Crippen molar-refractivity contribution < 1.29 is 9.53 Å². The molecule has 130 valence electrons. The zero-order valence-corrected chi connectivity index (χ0v) is 15.2. The third kappa shape index (κ3) is 4.27. The molecule has 0 saturated carbocycles. The number of H-pyrrole nitrogens is 1. The normalized spacial score (nSPS) is 12.1. The number of aromatic nitrogens is 1. The molecular weight excluding hydrogens is 359 g/mol. The Kier molecular flexibility index (Phi) is 5.51. The molecule has 1 amide bonds. The summed E-state index contributed by atoms with van der Waals surface area (Å²) in [6.07, 6.45) is 2.07. The van der Waals surface area contributed by atoms with E-state index in [4.69, 9.17) is 27.9 Å². The van der Waals surface area contributed by atoms with Crippen molar-refractivity contribution in [2.24, 2.45) is 0 Å². The zero-order chi connectivity index (χ0) is 17.8. The molecule has 0 bridgehead atoms. The van der Waals surface area contributed by atoms with Gasteiger partial charge in [0.05, 0.1) is 5.02 Å². The van der Waals surface area contributed by atoms with Crippen molar-refractivity contribution in [1.82, 2.24) is 10.3 Å². The number of rotatable bonds is 6. The predicted octanol–water partition coefficient (Wildman–Crippen LogP) is 4.60. The highest BCUT2D eigenvalue weighted by molar-refractivity contribution is 6.35. The molecule has 0 spiro atoms. The minimum atomic E-state index is -0.651. The molecule has 3 aromatic rings. The van der Waals surface area contributed by atoms with Crippen LogP contribution in [0.3, 0.4) is 0 Å². The second-order valence-electron chi connectivity index (χ2n) is 5.74. The van der Waals surface area contributed by atoms with Gasteiger partial charge in [-0.15, -0.1) is 0 Å². The number of aromatic amines is 1. The van der Waals surface area contributed by atoms with E-state index >= 15 is 0 Å². The summed E-state index contributed by atoms with van der Waals surface area (Å²) in [5.74, 6) is 0.246. The molecule has 0 radical (unpaired) electrons. The van der Waals surface area contributed by atoms with Gasteiger partial charge in [0, 0.05) is 28.7 Å². The maximum atomic E-state index is 12.2. The summed E-state index contributed by atoms with van der Waals surface area (Å²) >= 11 is 11.9. The van der Waals surface area contributed by atoms with Gasteiger partial charge >= 0.3 is 0 Å². The maximum absolute atomic E-state index is 12.2. The number of amides is 1. The van der Waals surface area contributed by atoms with Crippen LogP contribution in [0.25, 0.3) is 10.9 Å². The number of para-hydroxylation sites is 1. The number of nitrogens with one attached hydrogen (secondary N) is 2. The van der Waals surface area contributed by atoms with E-state index in [-0.39, 0.29) is 5.91 Å². The number of ether oxygens (including phenoxy) is 1. The molecule has 0 aliphatic carbocycles. The molecule has 25 heavy (non-hydrogen) atoms. The van der Waals surface area contributed by atoms with Gasteiger partial charge in [-0.3, -0.25) is 4.79 Å². The SMILES string of the molecule is CC(Oc1ccc(Cl)cc1Cl)C(=O)NCCc1c[nH]c2ccccc12. The van der Waals surface area contributed by atoms with E-state index in [0.717, 1.165) is 11.9 Å². The monoisotopic (exact) mass is 376 g/mol. The lowest BCUT2D eigenvalue weighted by Crippen LogP contribution is -2.37. The fraction of sp³-hybridized carbons (Fsp3) is 0.211. The van der Waals surface area contributed by atoms with Crippen LogP contribution in [-0.2, 0) is 11.2 Å². The molecule has 4 nitrogen and oxygen atoms in total. The van der Waals surface area contributed by atoms with E-state index in [0.29, 0.717) is 22.3 Å². The van der Waals surface area contributed by atoms with Gasteiger partial charge in [0.15, 0.2) is 6.10 Å². The first kappa shape index (κ1) is 17.6. The van der Waals surface area contributed by atoms with E-state index in [1.807, 2.05) is 24.4 Å². The van der Waals surface area contributed by atoms with Crippen LogP contribution in [0.15, 0.2) is 48.7 Å². The Morgan fingerprint density at radius 2 is 2.04 bits per heavy atom. The molecule has 3 rings (SSSR count). The van der Waals surface area contributed by atoms with Crippen LogP contribution in [0.1, 0.15) is 12.5 Å². The number of benzene rings is 2. The Morgan fingerprint density at radius 3 is 2.84 bits per heavy atom. The molecule has 2 N–H and O–H groups in total. The molecule has 1 unspecified atom stereocenters. The average molecular weight is 377 g/mol. The summed E-state index contributed by atoms with van der Waals surface area (Å²) in [5.41, 5.74) is 2.27. The second-order valence-corrected chi connectivity index (χ2v) is 6.58. The standard InChI is InChI=1S/C19H18Cl2N2O2/c1-12(25-18-7-6-14(20)10-16(18)21)19(24)22-9-8-13-11-23-17-5-3-2-4-15(13)17/h2-7,10-12,23H,8-9H2,1H3,(H,22,24). The highest BCUT2D eigenvalue weighted by atomic mass is 35.5. The number of carbonyl (C=O) groups excluding carboxylic acids is 1. The minimum absolute atomic E-state index is 0.189. The Labute approximate surface area is 156 Å². The molecule has 6 heteroatoms. The van der Waals surface area contributed by atoms with E-state index < -0.39 is 6.10 Å². The van der Waals surface area contributed by atoms with E-state index in [1.54, 1.807) is 25.1 Å². The lowest BCUT2D eigenvalue weighted by molar-refractivity contribution is -0.127. The van der Waals surface area contributed by atoms with Gasteiger partial charge in [0.2, 0.25) is 0 Å². The van der Waals surface area contributed by atoms with Gasteiger partial charge in [-0.25, -0.2) is 0 Å². The predicted molar refractivity (Wildman–Crippen MR) is 102 cm³/mol. The highest BCUT2D eigenvalue weighted by Crippen LogP contribution is 2.28. The minimum Gasteiger partial charge on any atom is -0.479 e. The van der Waals surface area contributed by atoms with Crippen molar-refractivity contribution in [3.05, 3.63) is 64.3 Å². The molecule has 1 heterocycles. The van der Waals surface area contributed by atoms with Crippen molar-refractivity contribution in [2.75, 3.05) is 6.54 Å². The smallest absolute Gasteiger partial charge is 0.260 e. The summed E-state index contributed by atoms with van der Waals surface area (Å²) in [4.78, 5) is 15.4. The van der Waals surface area contributed by atoms with Crippen molar-refractivity contribution >= 4 is 40.0 Å². The van der Waals surface area contributed by atoms with Crippen LogP contribution < -0.4 is 10.1 Å². The quantitative estimate of drug-likeness (QED) is 0.660. The summed E-state index contributed by atoms with van der Waals surface area (Å²) in [6, 6.07) is 13.0. The fourth-order valence-electron chi connectivity index (χ4n) is 2.62. The Morgan fingerprint density at radius 1 is 1.24 bits per heavy atom. The number of hydrogen-bond donors (Lipinski definition) is 2. The number of fused-ring (bicyclic) bond motifs is 1. The third-order valence-electron chi connectivity index (χ3n) is 3.94. The molecular formula is C19H18Cl2N2O2. The van der Waals surface area contributed by atoms with Crippen LogP contribution in [-0.4, -0.2) is 23.5 Å². The topological polar surface area (TPSA) is 54.1 Å². The van der Waals surface area contributed by atoms with Crippen LogP contribution in [0.4, 0.5) is 0 Å². The van der Waals surface area contributed by atoms with Gasteiger partial charge in [0.1, 0.15) is 5.75 Å². The van der Waals surface area contributed by atoms with Crippen molar-refractivity contribution in [2.45, 2.75) is 19.4 Å². The maximum Gasteiger partial charge on any atom is 0.260 e. The first-order chi connectivity index (χ1) is 12.0. The fourth-order valence-corrected chi connectivity index (χ4v) is 3.07. The summed E-state index contributed by atoms with van der Waals surface area (Å²) in [6.45, 7) is 2.22. The first-order valence-corrected chi connectivity index (χ1v) is 8.74. The highest BCUT2D eigenvalue weighted by Gasteiger charge is 2.16. The van der Waals surface area contributed by atoms with Gasteiger partial charge in [-0.2, -0.15) is 0 Å². The van der Waals surface area contributed by atoms with Gasteiger partial charge < -0.3 is 15.0 Å². The third-order valence-corrected chi connectivity index (χ3v) is 4.47. The zero-order valence-electron chi connectivity index (χ0n) is 13.7. The molecule has 1 atom stereocenters. The van der Waals surface area contributed by atoms with Crippen molar-refractivity contribution in [1.29, 1.82) is 0 Å². The number of hydrogen-bond acceptors (Lipinski definition) is 2. The summed E-state index contributed by atoms with van der Waals surface area (Å²) < 4.78 is 5.61. The van der Waals surface area contributed by atoms with Gasteiger partial charge in [-0.05, 0) is 43.2 Å². The van der Waals surface area contributed by atoms with E-state index in [2.05, 4.69) is 16.4 Å². The molecule has 1 aromatic heterocycles. The second kappa shape index (κ2) is 7.81. The number of carbonyl (C=O) groups is 1. The Hall–Kier alpha value is -2.17. The van der Waals surface area contributed by atoms with Crippen molar-refractivity contribution in [3.8, 4) is 5.75 Å². The first-order valence-electron chi connectivity index (χ1n) is 7.99. The van der Waals surface area contributed by atoms with Gasteiger partial charge in [-0.1, -0.05) is 41.4 Å².